The molecule has 0 heterocycles. The van der Waals surface area contributed by atoms with Crippen LogP contribution >= 0.6 is 0 Å². The van der Waals surface area contributed by atoms with E-state index in [1.54, 1.807) is 0 Å². The van der Waals surface area contributed by atoms with Gasteiger partial charge in [0.25, 0.3) is 0 Å². The predicted octanol–water partition coefficient (Wildman–Crippen LogP) is 6.52. The fourth-order valence-electron chi connectivity index (χ4n) is 4.33. The lowest BCUT2D eigenvalue weighted by Gasteiger charge is -2.36. The SMILES string of the molecule is CCc1cccc(O[Si](CC)(Oc2ccccc2)C(O)c2ccccc2)c1C(O)c1ccccc1. The third-order valence-electron chi connectivity index (χ3n) is 6.27. The maximum atomic E-state index is 11.7. The van der Waals surface area contributed by atoms with Gasteiger partial charge in [0.15, 0.2) is 0 Å². The van der Waals surface area contributed by atoms with Crippen LogP contribution in [0.3, 0.4) is 0 Å². The van der Waals surface area contributed by atoms with Gasteiger partial charge in [-0.15, -0.1) is 0 Å². The summed E-state index contributed by atoms with van der Waals surface area (Å²) in [6.07, 6.45) is -0.130. The van der Waals surface area contributed by atoms with E-state index in [4.69, 9.17) is 8.85 Å². The van der Waals surface area contributed by atoms with Gasteiger partial charge < -0.3 is 19.1 Å². The molecule has 180 valence electrons. The predicted molar refractivity (Wildman–Crippen MR) is 142 cm³/mol. The third-order valence-corrected chi connectivity index (χ3v) is 9.57. The largest absolute Gasteiger partial charge is 0.510 e. The van der Waals surface area contributed by atoms with Crippen LogP contribution in [-0.4, -0.2) is 18.8 Å². The number of aryl methyl sites for hydroxylation is 1. The number of para-hydroxylation sites is 1. The first kappa shape index (κ1) is 24.7. The van der Waals surface area contributed by atoms with Crippen molar-refractivity contribution in [1.29, 1.82) is 0 Å². The van der Waals surface area contributed by atoms with E-state index in [-0.39, 0.29) is 0 Å². The minimum absolute atomic E-state index is 0.495. The number of rotatable bonds is 10. The lowest BCUT2D eigenvalue weighted by atomic mass is 9.95. The summed E-state index contributed by atoms with van der Waals surface area (Å²) in [6.45, 7) is 4.04. The minimum atomic E-state index is -3.36. The van der Waals surface area contributed by atoms with Gasteiger partial charge in [-0.2, -0.15) is 0 Å². The molecule has 0 aliphatic heterocycles. The maximum Gasteiger partial charge on any atom is 0.494 e. The van der Waals surface area contributed by atoms with Crippen LogP contribution in [0.15, 0.2) is 109 Å². The Kier molecular flexibility index (Phi) is 8.03. The van der Waals surface area contributed by atoms with E-state index in [1.165, 1.54) is 0 Å². The summed E-state index contributed by atoms with van der Waals surface area (Å²) >= 11 is 0. The van der Waals surface area contributed by atoms with Gasteiger partial charge in [-0.25, -0.2) is 0 Å². The van der Waals surface area contributed by atoms with Crippen molar-refractivity contribution in [2.45, 2.75) is 38.1 Å². The van der Waals surface area contributed by atoms with Crippen molar-refractivity contribution in [2.75, 3.05) is 0 Å². The third kappa shape index (κ3) is 5.48. The Balaban J connectivity index is 1.82. The summed E-state index contributed by atoms with van der Waals surface area (Å²) in [7, 11) is -3.36. The second-order valence-corrected chi connectivity index (χ2v) is 11.8. The summed E-state index contributed by atoms with van der Waals surface area (Å²) in [5.74, 6) is 1.19. The van der Waals surface area contributed by atoms with Crippen molar-refractivity contribution in [2.24, 2.45) is 0 Å². The molecular formula is C30H32O4Si. The standard InChI is InChI=1S/C30H32O4Si/c1-3-23-19-14-22-27(28(23)29(31)24-15-8-5-9-16-24)34-35(4-2,33-26-20-12-7-13-21-26)30(32)25-17-10-6-11-18-25/h5-22,29-32H,3-4H2,1-2H3. The molecule has 0 aliphatic carbocycles. The Hall–Kier alpha value is -3.38. The maximum absolute atomic E-state index is 11.7. The lowest BCUT2D eigenvalue weighted by Crippen LogP contribution is -2.54. The van der Waals surface area contributed by atoms with Crippen molar-refractivity contribution in [3.05, 3.63) is 131 Å². The molecule has 3 atom stereocenters. The molecule has 0 amide bonds. The van der Waals surface area contributed by atoms with Crippen LogP contribution < -0.4 is 8.85 Å². The van der Waals surface area contributed by atoms with Crippen LogP contribution in [0, 0.1) is 0 Å². The van der Waals surface area contributed by atoms with Crippen LogP contribution in [0.4, 0.5) is 0 Å². The molecule has 35 heavy (non-hydrogen) atoms. The fourth-order valence-corrected chi connectivity index (χ4v) is 7.06. The molecule has 5 heteroatoms. The molecule has 0 saturated carbocycles. The fraction of sp³-hybridized carbons (Fsp3) is 0.200. The van der Waals surface area contributed by atoms with Crippen LogP contribution in [-0.2, 0) is 6.42 Å². The Morgan fingerprint density at radius 3 is 1.80 bits per heavy atom. The highest BCUT2D eigenvalue weighted by Crippen LogP contribution is 2.39. The lowest BCUT2D eigenvalue weighted by molar-refractivity contribution is 0.185. The van der Waals surface area contributed by atoms with Gasteiger partial charge in [-0.05, 0) is 41.3 Å². The number of aliphatic hydroxyl groups excluding tert-OH is 2. The second-order valence-electron chi connectivity index (χ2n) is 8.49. The van der Waals surface area contributed by atoms with E-state index in [2.05, 4.69) is 6.92 Å². The van der Waals surface area contributed by atoms with Gasteiger partial charge in [0, 0.05) is 11.6 Å². The van der Waals surface area contributed by atoms with Crippen molar-refractivity contribution in [1.82, 2.24) is 0 Å². The molecule has 0 bridgehead atoms. The van der Waals surface area contributed by atoms with Gasteiger partial charge >= 0.3 is 8.56 Å². The van der Waals surface area contributed by atoms with Gasteiger partial charge in [0.2, 0.25) is 0 Å². The summed E-state index contributed by atoms with van der Waals surface area (Å²) < 4.78 is 13.4. The van der Waals surface area contributed by atoms with E-state index < -0.39 is 20.4 Å². The molecule has 0 aromatic heterocycles. The number of hydrogen-bond acceptors (Lipinski definition) is 4. The van der Waals surface area contributed by atoms with E-state index in [0.29, 0.717) is 23.1 Å². The van der Waals surface area contributed by atoms with Crippen LogP contribution in [0.5, 0.6) is 11.5 Å². The van der Waals surface area contributed by atoms with Crippen molar-refractivity contribution >= 4 is 8.56 Å². The zero-order valence-electron chi connectivity index (χ0n) is 20.2. The zero-order valence-corrected chi connectivity index (χ0v) is 21.2. The first-order chi connectivity index (χ1) is 17.1. The van der Waals surface area contributed by atoms with Gasteiger partial charge in [0.1, 0.15) is 23.3 Å². The Bertz CT molecular complexity index is 1200. The highest BCUT2D eigenvalue weighted by molar-refractivity contribution is 6.69. The number of hydrogen-bond donors (Lipinski definition) is 2. The summed E-state index contributed by atoms with van der Waals surface area (Å²) in [4.78, 5) is 0. The monoisotopic (exact) mass is 484 g/mol. The highest BCUT2D eigenvalue weighted by atomic mass is 28.4. The molecule has 0 aliphatic rings. The number of benzene rings is 4. The molecule has 2 N–H and O–H groups in total. The quantitative estimate of drug-likeness (QED) is 0.252. The molecule has 4 nitrogen and oxygen atoms in total. The smallest absolute Gasteiger partial charge is 0.494 e. The molecule has 0 spiro atoms. The normalized spacial score (nSPS) is 14.5. The van der Waals surface area contributed by atoms with Crippen LogP contribution in [0.25, 0.3) is 0 Å². The highest BCUT2D eigenvalue weighted by Gasteiger charge is 2.50. The molecule has 0 radical (unpaired) electrons. The first-order valence-corrected chi connectivity index (χ1v) is 14.2. The summed E-state index contributed by atoms with van der Waals surface area (Å²) in [5, 5.41) is 23.1. The van der Waals surface area contributed by atoms with Crippen LogP contribution in [0.1, 0.15) is 47.9 Å². The van der Waals surface area contributed by atoms with Crippen molar-refractivity contribution < 1.29 is 19.1 Å². The van der Waals surface area contributed by atoms with E-state index >= 15 is 0 Å². The van der Waals surface area contributed by atoms with Crippen molar-refractivity contribution in [3.63, 3.8) is 0 Å². The van der Waals surface area contributed by atoms with Crippen LogP contribution in [0.2, 0.25) is 6.04 Å². The summed E-state index contributed by atoms with van der Waals surface area (Å²) in [5.41, 5.74) is 2.29. The Labute approximate surface area is 208 Å². The van der Waals surface area contributed by atoms with E-state index in [9.17, 15) is 10.2 Å². The van der Waals surface area contributed by atoms with Gasteiger partial charge in [-0.3, -0.25) is 0 Å². The van der Waals surface area contributed by atoms with Crippen molar-refractivity contribution in [3.8, 4) is 11.5 Å². The molecule has 4 aromatic carbocycles. The molecule has 0 saturated heterocycles. The second kappa shape index (κ2) is 11.4. The average Bonchev–Trinajstić information content (AvgIpc) is 2.93. The topological polar surface area (TPSA) is 58.9 Å². The van der Waals surface area contributed by atoms with E-state index in [0.717, 1.165) is 23.1 Å². The summed E-state index contributed by atoms with van der Waals surface area (Å²) in [6, 6.07) is 34.9. The minimum Gasteiger partial charge on any atom is -0.510 e. The molecule has 3 unspecified atom stereocenters. The Morgan fingerprint density at radius 2 is 1.23 bits per heavy atom. The van der Waals surface area contributed by atoms with E-state index in [1.807, 2.05) is 116 Å². The Morgan fingerprint density at radius 1 is 0.657 bits per heavy atom. The molecule has 4 aromatic rings. The molecule has 0 fully saturated rings. The first-order valence-electron chi connectivity index (χ1n) is 12.1. The molecule has 4 rings (SSSR count). The molecular weight excluding hydrogens is 452 g/mol. The number of aliphatic hydroxyl groups is 2. The van der Waals surface area contributed by atoms with Gasteiger partial charge in [-0.1, -0.05) is 105 Å². The zero-order chi connectivity index (χ0) is 24.7. The average molecular weight is 485 g/mol. The van der Waals surface area contributed by atoms with Gasteiger partial charge in [0.05, 0.1) is 0 Å².